The van der Waals surface area contributed by atoms with Gasteiger partial charge < -0.3 is 18.8 Å². The molecular weight excluding hydrogens is 402 g/mol. The summed E-state index contributed by atoms with van der Waals surface area (Å²) in [5.41, 5.74) is 0.538. The Labute approximate surface area is 187 Å². The minimum Gasteiger partial charge on any atom is -0.399 e. The summed E-state index contributed by atoms with van der Waals surface area (Å²) < 4.78 is 34.7. The van der Waals surface area contributed by atoms with Crippen molar-refractivity contribution < 1.29 is 18.4 Å². The van der Waals surface area contributed by atoms with E-state index in [4.69, 9.17) is 14.0 Å². The number of morpholine rings is 1. The normalized spacial score (nSPS) is 20.0. The molecule has 0 radical (unpaired) electrons. The van der Waals surface area contributed by atoms with E-state index in [2.05, 4.69) is 9.62 Å². The van der Waals surface area contributed by atoms with E-state index in [1.807, 2.05) is 61.5 Å². The van der Waals surface area contributed by atoms with Crippen LogP contribution in [0.4, 0.5) is 10.1 Å². The number of anilines is 1. The molecule has 2 saturated heterocycles. The first-order valence-electron chi connectivity index (χ1n) is 11.1. The number of nitrogens with one attached hydrogen (secondary N) is 1. The highest BCUT2D eigenvalue weighted by molar-refractivity contribution is 8.00. The lowest BCUT2D eigenvalue weighted by Crippen LogP contribution is -2.41. The number of benzene rings is 1. The number of nitrogens with zero attached hydrogens (tertiary/aromatic N) is 1. The first kappa shape index (κ1) is 27.2. The van der Waals surface area contributed by atoms with Gasteiger partial charge in [-0.2, -0.15) is 0 Å². The fraction of sp³-hybridized carbons (Fsp3) is 0.727. The van der Waals surface area contributed by atoms with Crippen LogP contribution in [0.1, 0.15) is 55.4 Å². The molecule has 3 rings (SSSR count). The van der Waals surface area contributed by atoms with Crippen LogP contribution in [0.2, 0.25) is 0 Å². The van der Waals surface area contributed by atoms with Gasteiger partial charge in [0.25, 0.3) is 0 Å². The van der Waals surface area contributed by atoms with E-state index in [0.29, 0.717) is 5.46 Å². The van der Waals surface area contributed by atoms with Gasteiger partial charge in [0.05, 0.1) is 24.4 Å². The Morgan fingerprint density at radius 1 is 1.00 bits per heavy atom. The lowest BCUT2D eigenvalue weighted by Gasteiger charge is -2.32. The smallest absolute Gasteiger partial charge is 0.399 e. The van der Waals surface area contributed by atoms with Crippen LogP contribution in [0.25, 0.3) is 0 Å². The summed E-state index contributed by atoms with van der Waals surface area (Å²) >= 11 is 1.58. The monoisotopic (exact) mass is 442 g/mol. The van der Waals surface area contributed by atoms with E-state index >= 15 is 0 Å². The standard InChI is InChI=1S/C18H28BFN2O3S.2C2H6/c1-17(2)18(3,4)25-19(24-17)14-11-15(20)13-16(12-14)21-26-10-7-22-5-8-23-9-6-22;2*1-2/h11-13,21H,5-10H2,1-4H3;2*1-2H3. The van der Waals surface area contributed by atoms with Gasteiger partial charge in [0.1, 0.15) is 5.82 Å². The summed E-state index contributed by atoms with van der Waals surface area (Å²) in [6.45, 7) is 20.5. The Morgan fingerprint density at radius 2 is 1.57 bits per heavy atom. The maximum absolute atomic E-state index is 14.1. The van der Waals surface area contributed by atoms with E-state index in [0.717, 1.165) is 44.3 Å². The molecule has 1 N–H and O–H groups in total. The van der Waals surface area contributed by atoms with E-state index in [9.17, 15) is 4.39 Å². The highest BCUT2D eigenvalue weighted by Crippen LogP contribution is 2.36. The van der Waals surface area contributed by atoms with Crippen LogP contribution >= 0.6 is 11.9 Å². The second-order valence-corrected chi connectivity index (χ2v) is 8.67. The number of rotatable bonds is 6. The van der Waals surface area contributed by atoms with Crippen LogP contribution < -0.4 is 10.2 Å². The molecule has 0 saturated carbocycles. The predicted molar refractivity (Wildman–Crippen MR) is 128 cm³/mol. The third-order valence-corrected chi connectivity index (χ3v) is 6.02. The molecule has 5 nitrogen and oxygen atoms in total. The Kier molecular flexibility index (Phi) is 11.7. The minimum atomic E-state index is -0.561. The van der Waals surface area contributed by atoms with Crippen LogP contribution in [-0.4, -0.2) is 61.8 Å². The number of hydrogen-bond acceptors (Lipinski definition) is 6. The van der Waals surface area contributed by atoms with Crippen LogP contribution in [0.15, 0.2) is 18.2 Å². The molecule has 1 aromatic carbocycles. The average molecular weight is 442 g/mol. The highest BCUT2D eigenvalue weighted by Gasteiger charge is 2.51. The Bertz CT molecular complexity index is 612. The van der Waals surface area contributed by atoms with Gasteiger partial charge in [0.2, 0.25) is 0 Å². The quantitative estimate of drug-likeness (QED) is 0.396. The number of hydrogen-bond donors (Lipinski definition) is 1. The molecule has 0 amide bonds. The third kappa shape index (κ3) is 7.72. The molecule has 0 spiro atoms. The largest absolute Gasteiger partial charge is 0.495 e. The second kappa shape index (κ2) is 12.9. The van der Waals surface area contributed by atoms with Crippen molar-refractivity contribution >= 4 is 30.2 Å². The maximum Gasteiger partial charge on any atom is 0.495 e. The van der Waals surface area contributed by atoms with Gasteiger partial charge in [0, 0.05) is 31.1 Å². The van der Waals surface area contributed by atoms with Crippen molar-refractivity contribution in [1.82, 2.24) is 4.90 Å². The van der Waals surface area contributed by atoms with Gasteiger partial charge in [-0.3, -0.25) is 4.90 Å². The summed E-state index contributed by atoms with van der Waals surface area (Å²) in [7, 11) is -0.561. The van der Waals surface area contributed by atoms with Crippen LogP contribution in [0.5, 0.6) is 0 Å². The fourth-order valence-corrected chi connectivity index (χ4v) is 3.66. The van der Waals surface area contributed by atoms with E-state index < -0.39 is 18.3 Å². The van der Waals surface area contributed by atoms with Crippen LogP contribution in [-0.2, 0) is 14.0 Å². The van der Waals surface area contributed by atoms with Gasteiger partial charge in [-0.1, -0.05) is 39.6 Å². The molecule has 1 aromatic rings. The molecule has 8 heteroatoms. The summed E-state index contributed by atoms with van der Waals surface area (Å²) in [5, 5.41) is 0. The predicted octanol–water partition coefficient (Wildman–Crippen LogP) is 4.57. The van der Waals surface area contributed by atoms with Crippen molar-refractivity contribution in [3.63, 3.8) is 0 Å². The zero-order valence-electron chi connectivity index (χ0n) is 20.0. The van der Waals surface area contributed by atoms with Crippen molar-refractivity contribution in [2.45, 2.75) is 66.6 Å². The van der Waals surface area contributed by atoms with Gasteiger partial charge in [0.15, 0.2) is 0 Å². The van der Waals surface area contributed by atoms with Gasteiger partial charge in [-0.25, -0.2) is 4.39 Å². The molecular formula is C22H40BFN2O3S. The summed E-state index contributed by atoms with van der Waals surface area (Å²) in [4.78, 5) is 2.37. The fourth-order valence-electron chi connectivity index (χ4n) is 2.92. The molecule has 0 aromatic heterocycles. The SMILES string of the molecule is CC.CC.CC1(C)OB(c2cc(F)cc(NSCCN3CCOCC3)c2)OC1(C)C. The number of ether oxygens (including phenoxy) is 1. The van der Waals surface area contributed by atoms with Gasteiger partial charge in [-0.05, 0) is 51.4 Å². The summed E-state index contributed by atoms with van der Waals surface area (Å²) in [5.74, 6) is 0.621. The van der Waals surface area contributed by atoms with Crippen molar-refractivity contribution in [3.05, 3.63) is 24.0 Å². The minimum absolute atomic E-state index is 0.298. The molecule has 2 aliphatic heterocycles. The average Bonchev–Trinajstić information content (AvgIpc) is 2.96. The molecule has 0 atom stereocenters. The first-order valence-corrected chi connectivity index (χ1v) is 12.1. The summed E-state index contributed by atoms with van der Waals surface area (Å²) in [6, 6.07) is 4.87. The number of halogens is 1. The van der Waals surface area contributed by atoms with Crippen LogP contribution in [0.3, 0.4) is 0 Å². The first-order chi connectivity index (χ1) is 14.3. The Morgan fingerprint density at radius 3 is 2.13 bits per heavy atom. The second-order valence-electron chi connectivity index (χ2n) is 7.77. The van der Waals surface area contributed by atoms with E-state index in [1.165, 1.54) is 12.1 Å². The van der Waals surface area contributed by atoms with Crippen molar-refractivity contribution in [2.75, 3.05) is 43.3 Å². The lowest BCUT2D eigenvalue weighted by molar-refractivity contribution is 0.00578. The van der Waals surface area contributed by atoms with Gasteiger partial charge in [-0.15, -0.1) is 0 Å². The Balaban J connectivity index is 0.00000106. The molecule has 2 fully saturated rings. The van der Waals surface area contributed by atoms with E-state index in [1.54, 1.807) is 11.9 Å². The van der Waals surface area contributed by atoms with Crippen LogP contribution in [0, 0.1) is 5.82 Å². The van der Waals surface area contributed by atoms with Crippen molar-refractivity contribution in [1.29, 1.82) is 0 Å². The molecule has 0 bridgehead atoms. The lowest BCUT2D eigenvalue weighted by atomic mass is 9.79. The zero-order chi connectivity index (χ0) is 22.8. The van der Waals surface area contributed by atoms with E-state index in [-0.39, 0.29) is 5.82 Å². The third-order valence-electron chi connectivity index (χ3n) is 5.25. The summed E-state index contributed by atoms with van der Waals surface area (Å²) in [6.07, 6.45) is 0. The topological polar surface area (TPSA) is 43.0 Å². The molecule has 0 aliphatic carbocycles. The van der Waals surface area contributed by atoms with Crippen molar-refractivity contribution in [3.8, 4) is 0 Å². The molecule has 2 aliphatic rings. The molecule has 30 heavy (non-hydrogen) atoms. The highest BCUT2D eigenvalue weighted by atomic mass is 32.2. The molecule has 2 heterocycles. The zero-order valence-corrected chi connectivity index (χ0v) is 20.8. The maximum atomic E-state index is 14.1. The molecule has 172 valence electrons. The Hall–Kier alpha value is -0.795. The van der Waals surface area contributed by atoms with Crippen molar-refractivity contribution in [2.24, 2.45) is 0 Å². The molecule has 0 unspecified atom stereocenters. The van der Waals surface area contributed by atoms with Gasteiger partial charge >= 0.3 is 7.12 Å².